The molecule has 6 heteroatoms. The van der Waals surface area contributed by atoms with Gasteiger partial charge in [-0.15, -0.1) is 0 Å². The molecule has 2 N–H and O–H groups in total. The van der Waals surface area contributed by atoms with Gasteiger partial charge in [-0.2, -0.15) is 0 Å². The molecule has 1 aromatic heterocycles. The van der Waals surface area contributed by atoms with Gasteiger partial charge in [0.1, 0.15) is 0 Å². The van der Waals surface area contributed by atoms with Gasteiger partial charge >= 0.3 is 0 Å². The first-order valence-electron chi connectivity index (χ1n) is 5.73. The fraction of sp³-hybridized carbons (Fsp3) is 0.545. The van der Waals surface area contributed by atoms with Crippen molar-refractivity contribution < 1.29 is 8.42 Å². The molecule has 2 rings (SSSR count). The van der Waals surface area contributed by atoms with Crippen molar-refractivity contribution in [2.75, 3.05) is 18.8 Å². The summed E-state index contributed by atoms with van der Waals surface area (Å²) in [6.07, 6.45) is 4.27. The third-order valence-corrected chi connectivity index (χ3v) is 4.33. The third kappa shape index (κ3) is 4.07. The van der Waals surface area contributed by atoms with Crippen molar-refractivity contribution in [2.45, 2.75) is 13.0 Å². The van der Waals surface area contributed by atoms with Gasteiger partial charge in [-0.05, 0) is 37.1 Å². The highest BCUT2D eigenvalue weighted by molar-refractivity contribution is 7.89. The van der Waals surface area contributed by atoms with Crippen LogP contribution in [0.5, 0.6) is 0 Å². The number of nitrogens with zero attached hydrogens (tertiary/aromatic N) is 1. The summed E-state index contributed by atoms with van der Waals surface area (Å²) in [7, 11) is -3.18. The van der Waals surface area contributed by atoms with Gasteiger partial charge in [-0.25, -0.2) is 13.1 Å². The van der Waals surface area contributed by atoms with Crippen LogP contribution in [0.25, 0.3) is 0 Å². The van der Waals surface area contributed by atoms with Gasteiger partial charge in [0, 0.05) is 18.9 Å². The number of aromatic nitrogens is 1. The molecule has 1 aliphatic rings. The molecule has 0 aromatic carbocycles. The first-order valence-corrected chi connectivity index (χ1v) is 7.38. The minimum Gasteiger partial charge on any atom is -0.316 e. The number of hydrogen-bond donors (Lipinski definition) is 2. The van der Waals surface area contributed by atoms with Crippen molar-refractivity contribution in [3.8, 4) is 0 Å². The number of pyridine rings is 1. The SMILES string of the molecule is O=S(=O)(CC1CCNC1)NCc1cccnc1. The second-order valence-corrected chi connectivity index (χ2v) is 6.17. The molecule has 0 aliphatic carbocycles. The van der Waals surface area contributed by atoms with E-state index in [-0.39, 0.29) is 11.7 Å². The lowest BCUT2D eigenvalue weighted by atomic mass is 10.2. The summed E-state index contributed by atoms with van der Waals surface area (Å²) in [5.41, 5.74) is 0.876. The lowest BCUT2D eigenvalue weighted by Gasteiger charge is -2.10. The van der Waals surface area contributed by atoms with Gasteiger partial charge < -0.3 is 5.32 Å². The molecule has 0 amide bonds. The summed E-state index contributed by atoms with van der Waals surface area (Å²) in [5.74, 6) is 0.446. The summed E-state index contributed by atoms with van der Waals surface area (Å²) < 4.78 is 26.2. The molecule has 0 bridgehead atoms. The predicted octanol–water partition coefficient (Wildman–Crippen LogP) is 0.111. The van der Waals surface area contributed by atoms with Crippen molar-refractivity contribution in [3.05, 3.63) is 30.1 Å². The highest BCUT2D eigenvalue weighted by Crippen LogP contribution is 2.10. The molecule has 1 saturated heterocycles. The Morgan fingerprint density at radius 1 is 1.53 bits per heavy atom. The Labute approximate surface area is 102 Å². The van der Waals surface area contributed by atoms with E-state index in [0.29, 0.717) is 6.54 Å². The molecule has 1 fully saturated rings. The fourth-order valence-corrected chi connectivity index (χ4v) is 3.33. The van der Waals surface area contributed by atoms with Crippen LogP contribution in [0.1, 0.15) is 12.0 Å². The summed E-state index contributed by atoms with van der Waals surface area (Å²) >= 11 is 0. The second kappa shape index (κ2) is 5.57. The maximum Gasteiger partial charge on any atom is 0.212 e. The van der Waals surface area contributed by atoms with E-state index in [9.17, 15) is 8.42 Å². The first kappa shape index (κ1) is 12.5. The van der Waals surface area contributed by atoms with Crippen molar-refractivity contribution in [3.63, 3.8) is 0 Å². The third-order valence-electron chi connectivity index (χ3n) is 2.84. The summed E-state index contributed by atoms with van der Waals surface area (Å²) in [6, 6.07) is 3.65. The molecule has 17 heavy (non-hydrogen) atoms. The lowest BCUT2D eigenvalue weighted by molar-refractivity contribution is 0.557. The Kier molecular flexibility index (Phi) is 4.09. The van der Waals surface area contributed by atoms with E-state index in [1.807, 2.05) is 6.07 Å². The first-order chi connectivity index (χ1) is 8.16. The van der Waals surface area contributed by atoms with Crippen LogP contribution in [0.4, 0.5) is 0 Å². The second-order valence-electron chi connectivity index (χ2n) is 4.32. The van der Waals surface area contributed by atoms with E-state index in [4.69, 9.17) is 0 Å². The van der Waals surface area contributed by atoms with E-state index in [1.54, 1.807) is 18.5 Å². The van der Waals surface area contributed by atoms with Crippen molar-refractivity contribution >= 4 is 10.0 Å². The van der Waals surface area contributed by atoms with Gasteiger partial charge in [0.25, 0.3) is 0 Å². The van der Waals surface area contributed by atoms with Crippen LogP contribution in [0.2, 0.25) is 0 Å². The molecule has 1 aromatic rings. The highest BCUT2D eigenvalue weighted by atomic mass is 32.2. The molecule has 5 nitrogen and oxygen atoms in total. The largest absolute Gasteiger partial charge is 0.316 e. The topological polar surface area (TPSA) is 71.1 Å². The zero-order valence-electron chi connectivity index (χ0n) is 9.59. The fourth-order valence-electron chi connectivity index (χ4n) is 1.92. The molecular weight excluding hydrogens is 238 g/mol. The molecule has 1 unspecified atom stereocenters. The van der Waals surface area contributed by atoms with E-state index < -0.39 is 10.0 Å². The standard InChI is InChI=1S/C11H17N3O2S/c15-17(16,9-11-3-5-13-7-11)14-8-10-2-1-4-12-6-10/h1-2,4,6,11,13-14H,3,5,7-9H2. The Morgan fingerprint density at radius 2 is 2.41 bits per heavy atom. The number of nitrogens with one attached hydrogen (secondary N) is 2. The van der Waals surface area contributed by atoms with Crippen LogP contribution in [0, 0.1) is 5.92 Å². The Bertz CT molecular complexity index is 441. The van der Waals surface area contributed by atoms with E-state index >= 15 is 0 Å². The summed E-state index contributed by atoms with van der Waals surface area (Å²) in [6.45, 7) is 2.03. The molecule has 2 heterocycles. The van der Waals surface area contributed by atoms with Crippen molar-refractivity contribution in [2.24, 2.45) is 5.92 Å². The molecule has 0 radical (unpaired) electrons. The van der Waals surface area contributed by atoms with Crippen LogP contribution in [0.3, 0.4) is 0 Å². The van der Waals surface area contributed by atoms with Crippen LogP contribution < -0.4 is 10.0 Å². The van der Waals surface area contributed by atoms with Crippen LogP contribution in [0.15, 0.2) is 24.5 Å². The van der Waals surface area contributed by atoms with Gasteiger partial charge in [0.15, 0.2) is 0 Å². The van der Waals surface area contributed by atoms with E-state index in [2.05, 4.69) is 15.0 Å². The Balaban J connectivity index is 1.85. The minimum atomic E-state index is -3.18. The van der Waals surface area contributed by atoms with E-state index in [0.717, 1.165) is 25.1 Å². The highest BCUT2D eigenvalue weighted by Gasteiger charge is 2.21. The molecule has 1 aliphatic heterocycles. The van der Waals surface area contributed by atoms with Gasteiger partial charge in [0.05, 0.1) is 5.75 Å². The van der Waals surface area contributed by atoms with Gasteiger partial charge in [-0.3, -0.25) is 4.98 Å². The molecular formula is C11H17N3O2S. The molecule has 0 spiro atoms. The Morgan fingerprint density at radius 3 is 3.06 bits per heavy atom. The average molecular weight is 255 g/mol. The molecule has 1 atom stereocenters. The number of hydrogen-bond acceptors (Lipinski definition) is 4. The quantitative estimate of drug-likeness (QED) is 0.783. The maximum absolute atomic E-state index is 11.8. The average Bonchev–Trinajstić information content (AvgIpc) is 2.80. The van der Waals surface area contributed by atoms with Crippen molar-refractivity contribution in [1.29, 1.82) is 0 Å². The minimum absolute atomic E-state index is 0.209. The maximum atomic E-state index is 11.8. The van der Waals surface area contributed by atoms with Crippen molar-refractivity contribution in [1.82, 2.24) is 15.0 Å². The lowest BCUT2D eigenvalue weighted by Crippen LogP contribution is -2.30. The molecule has 0 saturated carbocycles. The number of rotatable bonds is 5. The van der Waals surface area contributed by atoms with Crippen LogP contribution in [-0.4, -0.2) is 32.2 Å². The normalized spacial score (nSPS) is 20.6. The summed E-state index contributed by atoms with van der Waals surface area (Å²) in [5, 5.41) is 3.17. The monoisotopic (exact) mass is 255 g/mol. The smallest absolute Gasteiger partial charge is 0.212 e. The predicted molar refractivity (Wildman–Crippen MR) is 65.8 cm³/mol. The molecule has 94 valence electrons. The zero-order valence-corrected chi connectivity index (χ0v) is 10.4. The number of sulfonamides is 1. The summed E-state index contributed by atoms with van der Waals surface area (Å²) in [4.78, 5) is 3.94. The zero-order chi connectivity index (χ0) is 12.1. The Hall–Kier alpha value is -0.980. The van der Waals surface area contributed by atoms with E-state index in [1.165, 1.54) is 0 Å². The van der Waals surface area contributed by atoms with Gasteiger partial charge in [0.2, 0.25) is 10.0 Å². The van der Waals surface area contributed by atoms with Crippen LogP contribution in [-0.2, 0) is 16.6 Å². The van der Waals surface area contributed by atoms with Crippen LogP contribution >= 0.6 is 0 Å². The van der Waals surface area contributed by atoms with Gasteiger partial charge in [-0.1, -0.05) is 6.07 Å².